The number of benzene rings is 2. The highest BCUT2D eigenvalue weighted by molar-refractivity contribution is 7.84. The SMILES string of the molecule is CC(=O)Nc1cc(S(C)=O)ccc1-c1ncccc1-c1ccc(F)cc1. The topological polar surface area (TPSA) is 59.1 Å². The van der Waals surface area contributed by atoms with Crippen LogP contribution in [-0.2, 0) is 15.6 Å². The first-order valence-corrected chi connectivity index (χ1v) is 9.48. The summed E-state index contributed by atoms with van der Waals surface area (Å²) in [6.07, 6.45) is 3.24. The van der Waals surface area contributed by atoms with Gasteiger partial charge >= 0.3 is 0 Å². The Labute approximate surface area is 153 Å². The minimum atomic E-state index is -1.18. The normalized spacial score (nSPS) is 11.8. The molecule has 0 saturated carbocycles. The van der Waals surface area contributed by atoms with E-state index < -0.39 is 10.8 Å². The number of nitrogens with zero attached hydrogens (tertiary/aromatic N) is 1. The van der Waals surface area contributed by atoms with Crippen molar-refractivity contribution in [1.29, 1.82) is 0 Å². The number of pyridine rings is 1. The number of hydrogen-bond acceptors (Lipinski definition) is 3. The van der Waals surface area contributed by atoms with Gasteiger partial charge in [0.05, 0.1) is 11.4 Å². The zero-order valence-corrected chi connectivity index (χ0v) is 15.1. The zero-order valence-electron chi connectivity index (χ0n) is 14.3. The van der Waals surface area contributed by atoms with Gasteiger partial charge in [-0.3, -0.25) is 14.0 Å². The van der Waals surface area contributed by atoms with Gasteiger partial charge < -0.3 is 5.32 Å². The van der Waals surface area contributed by atoms with E-state index >= 15 is 0 Å². The van der Waals surface area contributed by atoms with E-state index in [4.69, 9.17) is 0 Å². The summed E-state index contributed by atoms with van der Waals surface area (Å²) in [6.45, 7) is 1.42. The van der Waals surface area contributed by atoms with Gasteiger partial charge in [-0.2, -0.15) is 0 Å². The Kier molecular flexibility index (Phi) is 5.23. The van der Waals surface area contributed by atoms with Crippen LogP contribution in [0.1, 0.15) is 6.92 Å². The largest absolute Gasteiger partial charge is 0.326 e. The number of halogens is 1. The first kappa shape index (κ1) is 17.9. The Morgan fingerprint density at radius 1 is 1.08 bits per heavy atom. The first-order valence-electron chi connectivity index (χ1n) is 7.92. The van der Waals surface area contributed by atoms with Crippen molar-refractivity contribution < 1.29 is 13.4 Å². The molecule has 0 aliphatic rings. The molecular formula is C20H17FN2O2S. The summed E-state index contributed by atoms with van der Waals surface area (Å²) in [4.78, 5) is 16.7. The van der Waals surface area contributed by atoms with Crippen LogP contribution in [0, 0.1) is 5.82 Å². The summed E-state index contributed by atoms with van der Waals surface area (Å²) < 4.78 is 25.1. The fourth-order valence-corrected chi connectivity index (χ4v) is 3.23. The maximum absolute atomic E-state index is 13.3. The Bertz CT molecular complexity index is 987. The molecule has 1 N–H and O–H groups in total. The van der Waals surface area contributed by atoms with E-state index in [1.54, 1.807) is 48.9 Å². The molecule has 0 fully saturated rings. The Morgan fingerprint density at radius 2 is 1.81 bits per heavy atom. The molecule has 1 aromatic heterocycles. The van der Waals surface area contributed by atoms with Crippen LogP contribution in [0.5, 0.6) is 0 Å². The van der Waals surface area contributed by atoms with Gasteiger partial charge in [-0.25, -0.2) is 4.39 Å². The monoisotopic (exact) mass is 368 g/mol. The Morgan fingerprint density at radius 3 is 2.46 bits per heavy atom. The second kappa shape index (κ2) is 7.58. The summed E-state index contributed by atoms with van der Waals surface area (Å²) >= 11 is 0. The molecule has 6 heteroatoms. The highest BCUT2D eigenvalue weighted by atomic mass is 32.2. The van der Waals surface area contributed by atoms with E-state index in [0.29, 0.717) is 21.8 Å². The number of carbonyl (C=O) groups is 1. The molecule has 0 saturated heterocycles. The summed E-state index contributed by atoms with van der Waals surface area (Å²) in [7, 11) is -1.18. The van der Waals surface area contributed by atoms with Gasteiger partial charge in [0.1, 0.15) is 5.82 Å². The van der Waals surface area contributed by atoms with Crippen LogP contribution in [0.2, 0.25) is 0 Å². The summed E-state index contributed by atoms with van der Waals surface area (Å²) in [6, 6.07) is 15.1. The maximum atomic E-state index is 13.3. The van der Waals surface area contributed by atoms with Gasteiger partial charge in [0.15, 0.2) is 0 Å². The molecule has 0 radical (unpaired) electrons. The fraction of sp³-hybridized carbons (Fsp3) is 0.100. The third kappa shape index (κ3) is 3.86. The number of nitrogens with one attached hydrogen (secondary N) is 1. The standard InChI is InChI=1S/C20H17FN2O2S/c1-13(24)23-19-12-16(26(2)25)9-10-18(19)20-17(4-3-11-22-20)14-5-7-15(21)8-6-14/h3-12H,1-2H3,(H,23,24). The molecule has 26 heavy (non-hydrogen) atoms. The first-order chi connectivity index (χ1) is 12.5. The molecule has 1 atom stereocenters. The van der Waals surface area contributed by atoms with Crippen molar-refractivity contribution in [1.82, 2.24) is 4.98 Å². The third-order valence-electron chi connectivity index (χ3n) is 3.85. The van der Waals surface area contributed by atoms with Crippen LogP contribution in [0.4, 0.5) is 10.1 Å². The molecule has 3 rings (SSSR count). The molecule has 3 aromatic rings. The van der Waals surface area contributed by atoms with Crippen LogP contribution in [0.25, 0.3) is 22.4 Å². The van der Waals surface area contributed by atoms with E-state index in [-0.39, 0.29) is 11.7 Å². The molecule has 132 valence electrons. The maximum Gasteiger partial charge on any atom is 0.221 e. The highest BCUT2D eigenvalue weighted by Crippen LogP contribution is 2.35. The van der Waals surface area contributed by atoms with Crippen molar-refractivity contribution in [3.05, 3.63) is 66.6 Å². The van der Waals surface area contributed by atoms with Crippen LogP contribution < -0.4 is 5.32 Å². The van der Waals surface area contributed by atoms with Gasteiger partial charge in [0.25, 0.3) is 0 Å². The molecule has 2 aromatic carbocycles. The average molecular weight is 368 g/mol. The van der Waals surface area contributed by atoms with Gasteiger partial charge in [0.2, 0.25) is 5.91 Å². The van der Waals surface area contributed by atoms with Gasteiger partial charge in [-0.1, -0.05) is 18.2 Å². The lowest BCUT2D eigenvalue weighted by Crippen LogP contribution is -2.08. The highest BCUT2D eigenvalue weighted by Gasteiger charge is 2.15. The van der Waals surface area contributed by atoms with Crippen molar-refractivity contribution in [3.8, 4) is 22.4 Å². The molecule has 0 spiro atoms. The van der Waals surface area contributed by atoms with Crippen molar-refractivity contribution in [2.24, 2.45) is 0 Å². The molecule has 0 aliphatic heterocycles. The predicted molar refractivity (Wildman–Crippen MR) is 102 cm³/mol. The van der Waals surface area contributed by atoms with Gasteiger partial charge in [-0.15, -0.1) is 0 Å². The zero-order chi connectivity index (χ0) is 18.7. The molecule has 0 bridgehead atoms. The van der Waals surface area contributed by atoms with E-state index in [1.807, 2.05) is 6.07 Å². The van der Waals surface area contributed by atoms with Crippen LogP contribution >= 0.6 is 0 Å². The molecule has 1 unspecified atom stereocenters. The summed E-state index contributed by atoms with van der Waals surface area (Å²) in [5.41, 5.74) is 3.51. The lowest BCUT2D eigenvalue weighted by molar-refractivity contribution is -0.114. The average Bonchev–Trinajstić information content (AvgIpc) is 2.62. The number of amides is 1. The van der Waals surface area contributed by atoms with Crippen molar-refractivity contribution in [2.75, 3.05) is 11.6 Å². The van der Waals surface area contributed by atoms with E-state index in [1.165, 1.54) is 19.1 Å². The van der Waals surface area contributed by atoms with Crippen LogP contribution in [0.3, 0.4) is 0 Å². The van der Waals surface area contributed by atoms with E-state index in [2.05, 4.69) is 10.3 Å². The number of carbonyl (C=O) groups excluding carboxylic acids is 1. The van der Waals surface area contributed by atoms with Crippen molar-refractivity contribution >= 4 is 22.4 Å². The van der Waals surface area contributed by atoms with Gasteiger partial charge in [-0.05, 0) is 42.0 Å². The number of hydrogen-bond donors (Lipinski definition) is 1. The van der Waals surface area contributed by atoms with Crippen molar-refractivity contribution in [3.63, 3.8) is 0 Å². The molecule has 0 aliphatic carbocycles. The minimum Gasteiger partial charge on any atom is -0.326 e. The van der Waals surface area contributed by atoms with Gasteiger partial charge in [0, 0.05) is 46.2 Å². The summed E-state index contributed by atoms with van der Waals surface area (Å²) in [5, 5.41) is 2.78. The molecular weight excluding hydrogens is 351 g/mol. The van der Waals surface area contributed by atoms with Crippen LogP contribution in [0.15, 0.2) is 65.7 Å². The fourth-order valence-electron chi connectivity index (χ4n) is 2.68. The smallest absolute Gasteiger partial charge is 0.221 e. The lowest BCUT2D eigenvalue weighted by Gasteiger charge is -2.14. The minimum absolute atomic E-state index is 0.232. The second-order valence-corrected chi connectivity index (χ2v) is 7.13. The molecule has 1 amide bonds. The lowest BCUT2D eigenvalue weighted by atomic mass is 9.98. The second-order valence-electron chi connectivity index (χ2n) is 5.75. The number of aromatic nitrogens is 1. The predicted octanol–water partition coefficient (Wildman–Crippen LogP) is 4.25. The van der Waals surface area contributed by atoms with E-state index in [0.717, 1.165) is 11.1 Å². The Hall–Kier alpha value is -2.86. The number of rotatable bonds is 4. The molecule has 1 heterocycles. The third-order valence-corrected chi connectivity index (χ3v) is 4.77. The summed E-state index contributed by atoms with van der Waals surface area (Å²) in [5.74, 6) is -0.544. The molecule has 4 nitrogen and oxygen atoms in total. The number of anilines is 1. The quantitative estimate of drug-likeness (QED) is 0.749. The van der Waals surface area contributed by atoms with E-state index in [9.17, 15) is 13.4 Å². The van der Waals surface area contributed by atoms with Crippen LogP contribution in [-0.4, -0.2) is 21.4 Å². The van der Waals surface area contributed by atoms with Crippen molar-refractivity contribution in [2.45, 2.75) is 11.8 Å². The Balaban J connectivity index is 2.19.